The van der Waals surface area contributed by atoms with Crippen LogP contribution in [0.2, 0.25) is 0 Å². The molecular formula is C15H19F9O2. The molecule has 0 aliphatic rings. The van der Waals surface area contributed by atoms with Gasteiger partial charge in [-0.15, -0.1) is 0 Å². The molecule has 0 N–H and O–H groups in total. The molecule has 0 heterocycles. The van der Waals surface area contributed by atoms with Crippen molar-refractivity contribution in [3.63, 3.8) is 0 Å². The Labute approximate surface area is 144 Å². The van der Waals surface area contributed by atoms with Crippen LogP contribution in [0.3, 0.4) is 0 Å². The Morgan fingerprint density at radius 2 is 1.46 bits per heavy atom. The van der Waals surface area contributed by atoms with Crippen molar-refractivity contribution < 1.29 is 49.0 Å². The van der Waals surface area contributed by atoms with Crippen molar-refractivity contribution in [2.45, 2.75) is 69.4 Å². The van der Waals surface area contributed by atoms with Gasteiger partial charge in [-0.1, -0.05) is 6.58 Å². The van der Waals surface area contributed by atoms with Gasteiger partial charge in [0.2, 0.25) is 18.5 Å². The number of alkyl halides is 9. The van der Waals surface area contributed by atoms with Crippen LogP contribution < -0.4 is 0 Å². The number of esters is 1. The van der Waals surface area contributed by atoms with Crippen LogP contribution in [0.25, 0.3) is 0 Å². The fourth-order valence-electron chi connectivity index (χ4n) is 1.79. The van der Waals surface area contributed by atoms with Crippen LogP contribution in [0, 0.1) is 0 Å². The van der Waals surface area contributed by atoms with Crippen molar-refractivity contribution in [3.05, 3.63) is 12.2 Å². The second-order valence-electron chi connectivity index (χ2n) is 5.70. The van der Waals surface area contributed by atoms with Crippen LogP contribution in [-0.4, -0.2) is 49.4 Å². The molecule has 0 amide bonds. The van der Waals surface area contributed by atoms with Crippen molar-refractivity contribution in [3.8, 4) is 0 Å². The van der Waals surface area contributed by atoms with Gasteiger partial charge in [0.15, 0.2) is 0 Å². The van der Waals surface area contributed by atoms with E-state index in [1.165, 1.54) is 6.92 Å². The van der Waals surface area contributed by atoms with Gasteiger partial charge in [0, 0.05) is 12.0 Å². The molecule has 3 unspecified atom stereocenters. The number of hydrogen-bond acceptors (Lipinski definition) is 2. The highest BCUT2D eigenvalue weighted by atomic mass is 19.3. The van der Waals surface area contributed by atoms with E-state index in [0.717, 1.165) is 0 Å². The van der Waals surface area contributed by atoms with E-state index in [1.54, 1.807) is 0 Å². The first kappa shape index (κ1) is 24.6. The molecule has 0 aliphatic carbocycles. The minimum atomic E-state index is -5.60. The van der Waals surface area contributed by atoms with E-state index >= 15 is 0 Å². The molecule has 11 heteroatoms. The zero-order valence-electron chi connectivity index (χ0n) is 13.8. The fraction of sp³-hybridized carbons (Fsp3) is 0.800. The van der Waals surface area contributed by atoms with Gasteiger partial charge in [0.25, 0.3) is 12.3 Å². The van der Waals surface area contributed by atoms with E-state index in [0.29, 0.717) is 0 Å². The van der Waals surface area contributed by atoms with Crippen LogP contribution in [-0.2, 0) is 9.53 Å². The van der Waals surface area contributed by atoms with Crippen LogP contribution in [0.4, 0.5) is 39.5 Å². The largest absolute Gasteiger partial charge is 0.462 e. The number of ether oxygens (including phenoxy) is 1. The average molecular weight is 402 g/mol. The van der Waals surface area contributed by atoms with Gasteiger partial charge in [-0.05, 0) is 26.2 Å². The van der Waals surface area contributed by atoms with Gasteiger partial charge in [0.1, 0.15) is 0 Å². The summed E-state index contributed by atoms with van der Waals surface area (Å²) < 4.78 is 121. The quantitative estimate of drug-likeness (QED) is 0.194. The molecule has 0 fully saturated rings. The number of unbranched alkanes of at least 4 members (excludes halogenated alkanes) is 2. The predicted molar refractivity (Wildman–Crippen MR) is 74.8 cm³/mol. The van der Waals surface area contributed by atoms with Crippen molar-refractivity contribution in [2.24, 2.45) is 0 Å². The smallest absolute Gasteiger partial charge is 0.333 e. The molecule has 0 aromatic heterocycles. The number of rotatable bonds is 12. The summed E-state index contributed by atoms with van der Waals surface area (Å²) in [6.45, 7) is 4.52. The van der Waals surface area contributed by atoms with E-state index in [2.05, 4.69) is 11.3 Å². The lowest BCUT2D eigenvalue weighted by atomic mass is 9.97. The number of hydrogen-bond donors (Lipinski definition) is 0. The Morgan fingerprint density at radius 1 is 0.923 bits per heavy atom. The maximum atomic E-state index is 13.5. The number of carbonyl (C=O) groups excluding carboxylic acids is 1. The Kier molecular flexibility index (Phi) is 9.50. The maximum Gasteiger partial charge on any atom is 0.333 e. The van der Waals surface area contributed by atoms with Crippen molar-refractivity contribution in [1.82, 2.24) is 0 Å². The molecule has 2 nitrogen and oxygen atoms in total. The first-order valence-electron chi connectivity index (χ1n) is 7.53. The van der Waals surface area contributed by atoms with Gasteiger partial charge in [-0.3, -0.25) is 0 Å². The highest BCUT2D eigenvalue weighted by molar-refractivity contribution is 5.86. The predicted octanol–water partition coefficient (Wildman–Crippen LogP) is 5.22. The third-order valence-electron chi connectivity index (χ3n) is 3.35. The summed E-state index contributed by atoms with van der Waals surface area (Å²) in [5.41, 5.74) is 0.113. The number of halogens is 9. The Morgan fingerprint density at radius 3 is 1.92 bits per heavy atom. The molecule has 0 spiro atoms. The molecule has 3 atom stereocenters. The Hall–Kier alpha value is -1.42. The SMILES string of the molecule is C=C(C)C(=O)OCCCCCC(F)(F)C(F)C(F)C(F)(F)C(F)C(F)F. The summed E-state index contributed by atoms with van der Waals surface area (Å²) in [5.74, 6) is -10.9. The summed E-state index contributed by atoms with van der Waals surface area (Å²) in [6.07, 6.45) is -19.1. The summed E-state index contributed by atoms with van der Waals surface area (Å²) in [5, 5.41) is 0. The van der Waals surface area contributed by atoms with Crippen molar-refractivity contribution in [1.29, 1.82) is 0 Å². The van der Waals surface area contributed by atoms with Crippen LogP contribution in [0.15, 0.2) is 12.2 Å². The summed E-state index contributed by atoms with van der Waals surface area (Å²) in [7, 11) is 0. The highest BCUT2D eigenvalue weighted by Gasteiger charge is 2.61. The molecule has 0 aliphatic heterocycles. The van der Waals surface area contributed by atoms with Crippen LogP contribution in [0.1, 0.15) is 32.6 Å². The standard InChI is InChI=1S/C15H19F9O2/c1-8(2)13(25)26-7-5-3-4-6-14(21,22)9(16)10(17)15(23,24)11(18)12(19)20/h9-12H,1,3-7H2,2H3. The van der Waals surface area contributed by atoms with Gasteiger partial charge in [-0.25, -0.2) is 35.5 Å². The maximum absolute atomic E-state index is 13.5. The molecule has 0 saturated carbocycles. The third-order valence-corrected chi connectivity index (χ3v) is 3.35. The molecule has 0 radical (unpaired) electrons. The van der Waals surface area contributed by atoms with E-state index < -0.39 is 55.6 Å². The average Bonchev–Trinajstić information content (AvgIpc) is 2.54. The summed E-state index contributed by atoms with van der Waals surface area (Å²) in [4.78, 5) is 11.0. The second-order valence-corrected chi connectivity index (χ2v) is 5.70. The van der Waals surface area contributed by atoms with E-state index in [-0.39, 0.29) is 25.0 Å². The lowest BCUT2D eigenvalue weighted by molar-refractivity contribution is -0.210. The number of carbonyl (C=O) groups is 1. The van der Waals surface area contributed by atoms with E-state index in [9.17, 15) is 44.3 Å². The lowest BCUT2D eigenvalue weighted by Gasteiger charge is -2.29. The van der Waals surface area contributed by atoms with Crippen LogP contribution in [0.5, 0.6) is 0 Å². The van der Waals surface area contributed by atoms with Gasteiger partial charge < -0.3 is 4.74 Å². The summed E-state index contributed by atoms with van der Waals surface area (Å²) in [6, 6.07) is 0. The monoisotopic (exact) mass is 402 g/mol. The molecule has 0 rings (SSSR count). The molecule has 154 valence electrons. The van der Waals surface area contributed by atoms with Crippen molar-refractivity contribution in [2.75, 3.05) is 6.61 Å². The van der Waals surface area contributed by atoms with E-state index in [4.69, 9.17) is 0 Å². The van der Waals surface area contributed by atoms with E-state index in [1.807, 2.05) is 0 Å². The topological polar surface area (TPSA) is 26.3 Å². The van der Waals surface area contributed by atoms with Crippen LogP contribution >= 0.6 is 0 Å². The first-order valence-corrected chi connectivity index (χ1v) is 7.53. The molecule has 0 aromatic rings. The van der Waals surface area contributed by atoms with Gasteiger partial charge in [-0.2, -0.15) is 8.78 Å². The molecule has 26 heavy (non-hydrogen) atoms. The Bertz CT molecular complexity index is 468. The minimum Gasteiger partial charge on any atom is -0.462 e. The first-order chi connectivity index (χ1) is 11.7. The Balaban J connectivity index is 4.48. The lowest BCUT2D eigenvalue weighted by Crippen LogP contribution is -2.52. The van der Waals surface area contributed by atoms with Crippen molar-refractivity contribution >= 4 is 5.97 Å². The zero-order chi connectivity index (χ0) is 20.7. The molecule has 0 aromatic carbocycles. The summed E-state index contributed by atoms with van der Waals surface area (Å²) >= 11 is 0. The minimum absolute atomic E-state index is 0.0398. The van der Waals surface area contributed by atoms with Gasteiger partial charge >= 0.3 is 11.9 Å². The second kappa shape index (κ2) is 10.1. The normalized spacial score (nSPS) is 16.3. The molecule has 0 bridgehead atoms. The molecular weight excluding hydrogens is 383 g/mol. The third kappa shape index (κ3) is 7.06. The highest BCUT2D eigenvalue weighted by Crippen LogP contribution is 2.40. The molecule has 0 saturated heterocycles. The van der Waals surface area contributed by atoms with Gasteiger partial charge in [0.05, 0.1) is 6.61 Å². The zero-order valence-corrected chi connectivity index (χ0v) is 13.8. The fourth-order valence-corrected chi connectivity index (χ4v) is 1.79.